The highest BCUT2D eigenvalue weighted by Gasteiger charge is 2.12. The van der Waals surface area contributed by atoms with Crippen LogP contribution in [0.15, 0.2) is 54.2 Å². The summed E-state index contributed by atoms with van der Waals surface area (Å²) >= 11 is 0. The van der Waals surface area contributed by atoms with Crippen molar-refractivity contribution in [3.63, 3.8) is 0 Å². The summed E-state index contributed by atoms with van der Waals surface area (Å²) < 4.78 is 11.2. The third-order valence-corrected chi connectivity index (χ3v) is 5.88. The quantitative estimate of drug-likeness (QED) is 0.118. The van der Waals surface area contributed by atoms with Gasteiger partial charge in [0.15, 0.2) is 17.4 Å². The maximum Gasteiger partial charge on any atom is 0.216 e. The van der Waals surface area contributed by atoms with E-state index < -0.39 is 0 Å². The number of ether oxygens (including phenoxy) is 2. The molecule has 39 heavy (non-hydrogen) atoms. The fraction of sp³-hybridized carbons (Fsp3) is 0.346. The molecule has 0 amide bonds. The first-order valence-corrected chi connectivity index (χ1v) is 12.6. The average Bonchev–Trinajstić information content (AvgIpc) is 2.99. The zero-order valence-electron chi connectivity index (χ0n) is 21.5. The van der Waals surface area contributed by atoms with E-state index in [1.165, 1.54) is 6.20 Å². The van der Waals surface area contributed by atoms with Gasteiger partial charge in [0, 0.05) is 56.3 Å². The van der Waals surface area contributed by atoms with Gasteiger partial charge in [-0.1, -0.05) is 18.2 Å². The van der Waals surface area contributed by atoms with E-state index in [2.05, 4.69) is 40.6 Å². The fourth-order valence-electron chi connectivity index (χ4n) is 3.82. The highest BCUT2D eigenvalue weighted by Crippen LogP contribution is 2.24. The van der Waals surface area contributed by atoms with Crippen LogP contribution >= 0.6 is 0 Å². The van der Waals surface area contributed by atoms with E-state index in [4.69, 9.17) is 25.5 Å². The van der Waals surface area contributed by atoms with Crippen LogP contribution in [0.1, 0.15) is 11.3 Å². The summed E-state index contributed by atoms with van der Waals surface area (Å²) in [6, 6.07) is 7.78. The molecule has 1 aromatic carbocycles. The third-order valence-electron chi connectivity index (χ3n) is 5.88. The second-order valence-corrected chi connectivity index (χ2v) is 8.56. The minimum absolute atomic E-state index is 0.0334. The molecule has 0 spiro atoms. The molecule has 3 aromatic rings. The number of aromatic nitrogens is 4. The van der Waals surface area contributed by atoms with Crippen molar-refractivity contribution in [1.82, 2.24) is 30.2 Å². The normalized spacial score (nSPS) is 14.0. The van der Waals surface area contributed by atoms with Gasteiger partial charge >= 0.3 is 0 Å². The average molecular weight is 533 g/mol. The number of nitrogens with zero attached hydrogens (tertiary/aromatic N) is 6. The maximum absolute atomic E-state index is 8.95. The number of rotatable bonds is 14. The summed E-state index contributed by atoms with van der Waals surface area (Å²) in [6.07, 6.45) is 7.53. The van der Waals surface area contributed by atoms with Crippen LogP contribution in [-0.4, -0.2) is 88.8 Å². The van der Waals surface area contributed by atoms with Crippen molar-refractivity contribution in [3.05, 3.63) is 60.3 Å². The number of hydrogen-bond acceptors (Lipinski definition) is 13. The molecule has 0 unspecified atom stereocenters. The summed E-state index contributed by atoms with van der Waals surface area (Å²) in [5.41, 5.74) is 10.1. The SMILES string of the molecule is N=C/C(=C\NCCO)c1cnc(N=N)c(NCc2cccc(-c3ncc(OCCN4CCOCC4)cn3)c2)n1. The van der Waals surface area contributed by atoms with Gasteiger partial charge in [0.1, 0.15) is 6.61 Å². The number of anilines is 1. The van der Waals surface area contributed by atoms with Crippen LogP contribution in [0, 0.1) is 10.9 Å². The molecule has 1 saturated heterocycles. The van der Waals surface area contributed by atoms with E-state index in [9.17, 15) is 0 Å². The van der Waals surface area contributed by atoms with E-state index >= 15 is 0 Å². The number of benzene rings is 1. The zero-order chi connectivity index (χ0) is 27.3. The van der Waals surface area contributed by atoms with Crippen molar-refractivity contribution >= 4 is 23.4 Å². The van der Waals surface area contributed by atoms with Crippen molar-refractivity contribution in [2.24, 2.45) is 5.11 Å². The number of nitrogens with one attached hydrogen (secondary N) is 4. The van der Waals surface area contributed by atoms with Gasteiger partial charge in [-0.3, -0.25) is 4.90 Å². The molecule has 0 atom stereocenters. The van der Waals surface area contributed by atoms with Crippen LogP contribution < -0.4 is 15.4 Å². The number of aliphatic hydroxyl groups is 1. The number of hydrogen-bond donors (Lipinski definition) is 5. The molecule has 204 valence electrons. The Hall–Kier alpha value is -4.33. The number of allylic oxidation sites excluding steroid dienone is 1. The topological polar surface area (TPSA) is 178 Å². The minimum Gasteiger partial charge on any atom is -0.489 e. The number of morpholine rings is 1. The van der Waals surface area contributed by atoms with E-state index in [-0.39, 0.29) is 12.4 Å². The molecule has 1 aliphatic heterocycles. The van der Waals surface area contributed by atoms with Crippen molar-refractivity contribution in [1.29, 1.82) is 10.9 Å². The van der Waals surface area contributed by atoms with Gasteiger partial charge in [0.2, 0.25) is 5.82 Å². The highest BCUT2D eigenvalue weighted by molar-refractivity contribution is 6.07. The Morgan fingerprint density at radius 2 is 2.00 bits per heavy atom. The standard InChI is InChI=1S/C26H32N10O3/c27-13-21(15-29-4-8-37)23-18-33-26(35-28)25(34-23)30-14-19-2-1-3-20(12-19)24-31-16-22(17-32-24)39-11-7-36-5-9-38-10-6-36/h1-3,12-13,15-18,27-29,37H,4-11,14H2,(H,30,34)/b21-15+,27-13?,35-28?. The number of aliphatic hydroxyl groups excluding tert-OH is 1. The van der Waals surface area contributed by atoms with E-state index in [0.717, 1.165) is 50.2 Å². The lowest BCUT2D eigenvalue weighted by Gasteiger charge is -2.26. The Balaban J connectivity index is 1.38. The second kappa shape index (κ2) is 14.6. The zero-order valence-corrected chi connectivity index (χ0v) is 21.5. The Labute approximate surface area is 226 Å². The fourth-order valence-corrected chi connectivity index (χ4v) is 3.82. The Morgan fingerprint density at radius 3 is 2.74 bits per heavy atom. The maximum atomic E-state index is 8.95. The second-order valence-electron chi connectivity index (χ2n) is 8.56. The lowest BCUT2D eigenvalue weighted by atomic mass is 10.1. The van der Waals surface area contributed by atoms with Crippen molar-refractivity contribution in [3.8, 4) is 17.1 Å². The summed E-state index contributed by atoms with van der Waals surface area (Å²) in [4.78, 5) is 19.9. The van der Waals surface area contributed by atoms with Gasteiger partial charge in [-0.05, 0) is 11.6 Å². The molecular weight excluding hydrogens is 500 g/mol. The lowest BCUT2D eigenvalue weighted by molar-refractivity contribution is 0.0322. The summed E-state index contributed by atoms with van der Waals surface area (Å²) in [5.74, 6) is 1.66. The summed E-state index contributed by atoms with van der Waals surface area (Å²) in [7, 11) is 0. The van der Waals surface area contributed by atoms with Crippen LogP contribution in [0.4, 0.5) is 11.6 Å². The first-order chi connectivity index (χ1) is 19.2. The predicted octanol–water partition coefficient (Wildman–Crippen LogP) is 2.49. The third kappa shape index (κ3) is 8.07. The first kappa shape index (κ1) is 27.7. The molecule has 3 heterocycles. The Bertz CT molecular complexity index is 1260. The smallest absolute Gasteiger partial charge is 0.216 e. The highest BCUT2D eigenvalue weighted by atomic mass is 16.5. The molecule has 13 heteroatoms. The van der Waals surface area contributed by atoms with Crippen molar-refractivity contribution < 1.29 is 14.6 Å². The molecule has 4 rings (SSSR count). The molecule has 0 bridgehead atoms. The van der Waals surface area contributed by atoms with Crippen molar-refractivity contribution in [2.45, 2.75) is 6.54 Å². The lowest BCUT2D eigenvalue weighted by Crippen LogP contribution is -2.38. The molecule has 1 aliphatic rings. The molecule has 0 aliphatic carbocycles. The van der Waals surface area contributed by atoms with Crippen LogP contribution in [0.2, 0.25) is 0 Å². The predicted molar refractivity (Wildman–Crippen MR) is 146 cm³/mol. The van der Waals surface area contributed by atoms with E-state index in [0.29, 0.717) is 48.4 Å². The molecular formula is C26H32N10O3. The van der Waals surface area contributed by atoms with Crippen molar-refractivity contribution in [2.75, 3.05) is 57.9 Å². The summed E-state index contributed by atoms with van der Waals surface area (Å²) in [6.45, 7) is 5.48. The molecule has 0 radical (unpaired) electrons. The van der Waals surface area contributed by atoms with Crippen LogP contribution in [0.5, 0.6) is 5.75 Å². The molecule has 5 N–H and O–H groups in total. The molecule has 0 saturated carbocycles. The summed E-state index contributed by atoms with van der Waals surface area (Å²) in [5, 5.41) is 26.2. The molecule has 1 fully saturated rings. The van der Waals surface area contributed by atoms with Crippen LogP contribution in [0.3, 0.4) is 0 Å². The van der Waals surface area contributed by atoms with Gasteiger partial charge in [-0.15, -0.1) is 5.11 Å². The molecule has 2 aromatic heterocycles. The van der Waals surface area contributed by atoms with Gasteiger partial charge < -0.3 is 30.6 Å². The minimum atomic E-state index is -0.0334. The van der Waals surface area contributed by atoms with Gasteiger partial charge in [-0.25, -0.2) is 25.5 Å². The van der Waals surface area contributed by atoms with Crippen LogP contribution in [-0.2, 0) is 11.3 Å². The Morgan fingerprint density at radius 1 is 1.18 bits per heavy atom. The Kier molecular flexibility index (Phi) is 10.3. The monoisotopic (exact) mass is 532 g/mol. The van der Waals surface area contributed by atoms with Gasteiger partial charge in [0.25, 0.3) is 0 Å². The van der Waals surface area contributed by atoms with Crippen LogP contribution in [0.25, 0.3) is 17.0 Å². The molecule has 13 nitrogen and oxygen atoms in total. The van der Waals surface area contributed by atoms with Gasteiger partial charge in [0.05, 0.1) is 44.1 Å². The first-order valence-electron chi connectivity index (χ1n) is 12.6. The largest absolute Gasteiger partial charge is 0.489 e. The van der Waals surface area contributed by atoms with Gasteiger partial charge in [-0.2, -0.15) is 0 Å². The van der Waals surface area contributed by atoms with E-state index in [1.54, 1.807) is 18.6 Å². The van der Waals surface area contributed by atoms with E-state index in [1.807, 2.05) is 24.3 Å².